The van der Waals surface area contributed by atoms with Crippen LogP contribution in [0.5, 0.6) is 0 Å². The average Bonchev–Trinajstić information content (AvgIpc) is 2.64. The smallest absolute Gasteiger partial charge is 0.159 e. The van der Waals surface area contributed by atoms with E-state index in [0.717, 1.165) is 58.6 Å². The summed E-state index contributed by atoms with van der Waals surface area (Å²) in [6.07, 6.45) is 6.93. The molecule has 0 unspecified atom stereocenters. The summed E-state index contributed by atoms with van der Waals surface area (Å²) in [4.78, 5) is 21.2. The molecule has 1 heterocycles. The maximum absolute atomic E-state index is 11.9. The Bertz CT molecular complexity index is 891. The molecule has 0 amide bonds. The molecular weight excluding hydrogens is 332 g/mol. The van der Waals surface area contributed by atoms with Crippen molar-refractivity contribution in [3.05, 3.63) is 64.0 Å². The van der Waals surface area contributed by atoms with Crippen LogP contribution in [0.3, 0.4) is 0 Å². The fourth-order valence-electron chi connectivity index (χ4n) is 3.08. The Morgan fingerprint density at radius 1 is 1.19 bits per heavy atom. The number of allylic oxidation sites excluding steroid dienone is 1. The lowest BCUT2D eigenvalue weighted by atomic mass is 9.99. The molecule has 0 radical (unpaired) electrons. The number of benzene rings is 1. The lowest BCUT2D eigenvalue weighted by molar-refractivity contribution is 0.101. The van der Waals surface area contributed by atoms with Gasteiger partial charge in [-0.2, -0.15) is 0 Å². The number of aliphatic imine (C=N–C) groups is 1. The van der Waals surface area contributed by atoms with Crippen molar-refractivity contribution in [2.24, 2.45) is 4.99 Å². The van der Waals surface area contributed by atoms with Gasteiger partial charge in [0, 0.05) is 23.2 Å². The predicted molar refractivity (Wildman–Crippen MR) is 115 cm³/mol. The van der Waals surface area contributed by atoms with E-state index < -0.39 is 0 Å². The summed E-state index contributed by atoms with van der Waals surface area (Å²) in [6, 6.07) is 7.96. The largest absolute Gasteiger partial charge is 0.295 e. The first-order valence-electron chi connectivity index (χ1n) is 9.69. The molecular formula is C24H30N2O. The number of carbonyl (C=O) groups excluding carboxylic acids is 1. The standard InChI is InChI=1S/C24H30N2O/c1-7-10-23-21(11-9-12-25-23)13-16(3)18(5)26-24-15-22(19(6)27)14-20(8-2)17(24)4/h9,11-15H,7-8,10H2,1-6H3/b16-13+,26-18?. The molecule has 1 aromatic heterocycles. The fraction of sp³-hybridized carbons (Fsp3) is 0.375. The highest BCUT2D eigenvalue weighted by atomic mass is 16.1. The van der Waals surface area contributed by atoms with Crippen LogP contribution in [0.2, 0.25) is 0 Å². The van der Waals surface area contributed by atoms with Crippen LogP contribution >= 0.6 is 0 Å². The molecule has 0 fully saturated rings. The van der Waals surface area contributed by atoms with Gasteiger partial charge in [-0.15, -0.1) is 0 Å². The van der Waals surface area contributed by atoms with E-state index in [1.807, 2.05) is 31.3 Å². The number of Topliss-reactive ketones (excluding diaryl/α,β-unsaturated/α-hetero) is 1. The second-order valence-electron chi connectivity index (χ2n) is 7.00. The molecule has 0 bridgehead atoms. The van der Waals surface area contributed by atoms with Crippen LogP contribution in [-0.2, 0) is 12.8 Å². The minimum Gasteiger partial charge on any atom is -0.295 e. The van der Waals surface area contributed by atoms with Gasteiger partial charge in [-0.05, 0) is 87.1 Å². The number of rotatable bonds is 7. The van der Waals surface area contributed by atoms with Crippen LogP contribution in [0.4, 0.5) is 5.69 Å². The van der Waals surface area contributed by atoms with Crippen molar-refractivity contribution in [1.82, 2.24) is 4.98 Å². The average molecular weight is 363 g/mol. The van der Waals surface area contributed by atoms with Crippen LogP contribution in [-0.4, -0.2) is 16.5 Å². The molecule has 142 valence electrons. The normalized spacial score (nSPS) is 12.4. The van der Waals surface area contributed by atoms with Crippen molar-refractivity contribution in [1.29, 1.82) is 0 Å². The summed E-state index contributed by atoms with van der Waals surface area (Å²) in [5.74, 6) is 0.0747. The van der Waals surface area contributed by atoms with Crippen LogP contribution < -0.4 is 0 Å². The molecule has 0 spiro atoms. The van der Waals surface area contributed by atoms with Gasteiger partial charge in [0.15, 0.2) is 5.78 Å². The van der Waals surface area contributed by atoms with Gasteiger partial charge in [0.2, 0.25) is 0 Å². The van der Waals surface area contributed by atoms with Crippen LogP contribution in [0.25, 0.3) is 6.08 Å². The van der Waals surface area contributed by atoms with Crippen LogP contribution in [0.1, 0.15) is 73.8 Å². The number of carbonyl (C=O) groups is 1. The maximum atomic E-state index is 11.9. The molecule has 0 aliphatic rings. The van der Waals surface area contributed by atoms with Gasteiger partial charge < -0.3 is 0 Å². The molecule has 1 aromatic carbocycles. The summed E-state index contributed by atoms with van der Waals surface area (Å²) < 4.78 is 0. The van der Waals surface area contributed by atoms with Crippen molar-refractivity contribution in [3.63, 3.8) is 0 Å². The highest BCUT2D eigenvalue weighted by molar-refractivity contribution is 6.03. The number of ketones is 1. The summed E-state index contributed by atoms with van der Waals surface area (Å²) in [7, 11) is 0. The van der Waals surface area contributed by atoms with Crippen molar-refractivity contribution >= 4 is 23.3 Å². The summed E-state index contributed by atoms with van der Waals surface area (Å²) in [5, 5.41) is 0. The third-order valence-electron chi connectivity index (χ3n) is 4.92. The Morgan fingerprint density at radius 2 is 1.93 bits per heavy atom. The molecule has 0 saturated carbocycles. The quantitative estimate of drug-likeness (QED) is 0.428. The van der Waals surface area contributed by atoms with Gasteiger partial charge >= 0.3 is 0 Å². The Morgan fingerprint density at radius 3 is 2.56 bits per heavy atom. The maximum Gasteiger partial charge on any atom is 0.159 e. The third-order valence-corrected chi connectivity index (χ3v) is 4.92. The number of hydrogen-bond acceptors (Lipinski definition) is 3. The predicted octanol–water partition coefficient (Wildman–Crippen LogP) is 6.30. The first-order valence-corrected chi connectivity index (χ1v) is 9.69. The summed E-state index contributed by atoms with van der Waals surface area (Å²) in [5.41, 5.74) is 8.24. The molecule has 2 rings (SSSR count). The van der Waals surface area contributed by atoms with Crippen molar-refractivity contribution in [2.45, 2.75) is 60.8 Å². The highest BCUT2D eigenvalue weighted by Crippen LogP contribution is 2.26. The first kappa shape index (κ1) is 20.8. The lowest BCUT2D eigenvalue weighted by Crippen LogP contribution is -1.99. The number of nitrogens with zero attached hydrogens (tertiary/aromatic N) is 2. The number of hydrogen-bond donors (Lipinski definition) is 0. The second kappa shape index (κ2) is 9.40. The minimum atomic E-state index is 0.0747. The topological polar surface area (TPSA) is 42.3 Å². The van der Waals surface area contributed by atoms with Gasteiger partial charge in [-0.3, -0.25) is 14.8 Å². The van der Waals surface area contributed by atoms with E-state index in [0.29, 0.717) is 0 Å². The van der Waals surface area contributed by atoms with E-state index in [2.05, 4.69) is 44.8 Å². The van der Waals surface area contributed by atoms with Gasteiger partial charge in [-0.25, -0.2) is 0 Å². The first-order chi connectivity index (χ1) is 12.9. The SMILES string of the molecule is CCCc1ncccc1/C=C(\C)C(C)=Nc1cc(C(C)=O)cc(CC)c1C. The fourth-order valence-corrected chi connectivity index (χ4v) is 3.08. The van der Waals surface area contributed by atoms with E-state index in [1.54, 1.807) is 6.92 Å². The number of aromatic nitrogens is 1. The molecule has 3 nitrogen and oxygen atoms in total. The molecule has 0 atom stereocenters. The molecule has 0 aliphatic heterocycles. The van der Waals surface area contributed by atoms with Crippen LogP contribution in [0, 0.1) is 6.92 Å². The van der Waals surface area contributed by atoms with Crippen LogP contribution in [0.15, 0.2) is 41.0 Å². The van der Waals surface area contributed by atoms with Gasteiger partial charge in [0.05, 0.1) is 5.69 Å². The zero-order valence-electron chi connectivity index (χ0n) is 17.4. The minimum absolute atomic E-state index is 0.0747. The zero-order chi connectivity index (χ0) is 20.0. The summed E-state index contributed by atoms with van der Waals surface area (Å²) >= 11 is 0. The van der Waals surface area contributed by atoms with Crippen molar-refractivity contribution in [2.75, 3.05) is 0 Å². The number of pyridine rings is 1. The molecule has 0 saturated heterocycles. The van der Waals surface area contributed by atoms with Gasteiger partial charge in [0.1, 0.15) is 0 Å². The Kier molecular flexibility index (Phi) is 7.23. The monoisotopic (exact) mass is 362 g/mol. The zero-order valence-corrected chi connectivity index (χ0v) is 17.4. The van der Waals surface area contributed by atoms with E-state index in [4.69, 9.17) is 4.99 Å². The number of aryl methyl sites for hydroxylation is 2. The van der Waals surface area contributed by atoms with Crippen molar-refractivity contribution in [3.8, 4) is 0 Å². The Balaban J connectivity index is 2.45. The van der Waals surface area contributed by atoms with E-state index in [-0.39, 0.29) is 5.78 Å². The lowest BCUT2D eigenvalue weighted by Gasteiger charge is -2.11. The van der Waals surface area contributed by atoms with E-state index in [9.17, 15) is 4.79 Å². The van der Waals surface area contributed by atoms with Gasteiger partial charge in [0.25, 0.3) is 0 Å². The third kappa shape index (κ3) is 5.22. The Labute approximate surface area is 163 Å². The van der Waals surface area contributed by atoms with E-state index in [1.165, 1.54) is 5.56 Å². The molecule has 0 aliphatic carbocycles. The second-order valence-corrected chi connectivity index (χ2v) is 7.00. The highest BCUT2D eigenvalue weighted by Gasteiger charge is 2.10. The van der Waals surface area contributed by atoms with Crippen molar-refractivity contribution < 1.29 is 4.79 Å². The molecule has 27 heavy (non-hydrogen) atoms. The molecule has 3 heteroatoms. The molecule has 2 aromatic rings. The van der Waals surface area contributed by atoms with Gasteiger partial charge in [-0.1, -0.05) is 26.3 Å². The van der Waals surface area contributed by atoms with E-state index >= 15 is 0 Å². The summed E-state index contributed by atoms with van der Waals surface area (Å²) in [6.45, 7) is 12.1. The Hall–Kier alpha value is -2.55. The molecule has 0 N–H and O–H groups in total.